The van der Waals surface area contributed by atoms with Gasteiger partial charge in [0.25, 0.3) is 5.91 Å². The molecule has 5 nitrogen and oxygen atoms in total. The Kier molecular flexibility index (Phi) is 8.70. The van der Waals surface area contributed by atoms with Crippen molar-refractivity contribution in [3.63, 3.8) is 0 Å². The van der Waals surface area contributed by atoms with E-state index in [4.69, 9.17) is 10.6 Å². The van der Waals surface area contributed by atoms with Crippen LogP contribution >= 0.6 is 24.8 Å². The van der Waals surface area contributed by atoms with Gasteiger partial charge in [-0.15, -0.1) is 24.8 Å². The van der Waals surface area contributed by atoms with Crippen LogP contribution in [0.3, 0.4) is 0 Å². The van der Waals surface area contributed by atoms with Gasteiger partial charge in [-0.2, -0.15) is 0 Å². The highest BCUT2D eigenvalue weighted by atomic mass is 35.5. The summed E-state index contributed by atoms with van der Waals surface area (Å²) in [5.41, 5.74) is 2.06. The van der Waals surface area contributed by atoms with Crippen molar-refractivity contribution in [2.75, 3.05) is 26.7 Å². The minimum absolute atomic E-state index is 0. The van der Waals surface area contributed by atoms with E-state index in [1.807, 2.05) is 11.9 Å². The molecule has 0 radical (unpaired) electrons. The van der Waals surface area contributed by atoms with Gasteiger partial charge >= 0.3 is 0 Å². The number of nitrogens with one attached hydrogen (secondary N) is 1. The third kappa shape index (κ3) is 4.64. The smallest absolute Gasteiger partial charge is 0.264 e. The molecule has 1 heterocycles. The molecular formula is C6H15Cl2N3O2. The van der Waals surface area contributed by atoms with Crippen molar-refractivity contribution in [2.24, 2.45) is 5.84 Å². The number of halogens is 2. The molecule has 3 N–H and O–H groups in total. The number of hydrogen-bond donors (Lipinski definition) is 2. The Bertz CT molecular complexity index is 159. The molecule has 0 bridgehead atoms. The molecule has 1 saturated heterocycles. The number of carbonyl (C=O) groups excluding carboxylic acids is 1. The lowest BCUT2D eigenvalue weighted by Gasteiger charge is -2.28. The van der Waals surface area contributed by atoms with Crippen LogP contribution in [0.5, 0.6) is 0 Å². The maximum atomic E-state index is 10.9. The Morgan fingerprint density at radius 1 is 1.62 bits per heavy atom. The molecule has 0 aliphatic carbocycles. The molecular weight excluding hydrogens is 217 g/mol. The molecule has 1 amide bonds. The highest BCUT2D eigenvalue weighted by Gasteiger charge is 2.23. The van der Waals surface area contributed by atoms with E-state index in [-0.39, 0.29) is 30.7 Å². The van der Waals surface area contributed by atoms with E-state index < -0.39 is 6.10 Å². The van der Waals surface area contributed by atoms with E-state index in [9.17, 15) is 4.79 Å². The second-order valence-electron chi connectivity index (χ2n) is 2.63. The Labute approximate surface area is 89.8 Å². The second kappa shape index (κ2) is 7.34. The fraction of sp³-hybridized carbons (Fsp3) is 0.833. The van der Waals surface area contributed by atoms with Crippen LogP contribution in [0.4, 0.5) is 0 Å². The van der Waals surface area contributed by atoms with Gasteiger partial charge in [0.2, 0.25) is 0 Å². The minimum Gasteiger partial charge on any atom is -0.366 e. The number of carbonyl (C=O) groups is 1. The first kappa shape index (κ1) is 15.4. The zero-order valence-corrected chi connectivity index (χ0v) is 8.99. The molecule has 1 unspecified atom stereocenters. The van der Waals surface area contributed by atoms with E-state index in [1.165, 1.54) is 0 Å². The van der Waals surface area contributed by atoms with Crippen molar-refractivity contribution in [3.8, 4) is 0 Å². The molecule has 0 aromatic heterocycles. The Hall–Kier alpha value is -0.0700. The maximum Gasteiger partial charge on any atom is 0.264 e. The topological polar surface area (TPSA) is 67.6 Å². The number of hydrogen-bond acceptors (Lipinski definition) is 4. The zero-order valence-electron chi connectivity index (χ0n) is 7.36. The lowest BCUT2D eigenvalue weighted by molar-refractivity contribution is -0.137. The van der Waals surface area contributed by atoms with E-state index in [0.29, 0.717) is 13.2 Å². The maximum absolute atomic E-state index is 10.9. The van der Waals surface area contributed by atoms with Crippen LogP contribution in [0.15, 0.2) is 0 Å². The van der Waals surface area contributed by atoms with E-state index in [1.54, 1.807) is 0 Å². The van der Waals surface area contributed by atoms with Gasteiger partial charge in [0.05, 0.1) is 6.61 Å². The predicted octanol–water partition coefficient (Wildman–Crippen LogP) is -0.850. The van der Waals surface area contributed by atoms with Crippen LogP contribution in [-0.4, -0.2) is 43.7 Å². The number of nitrogens with zero attached hydrogens (tertiary/aromatic N) is 1. The summed E-state index contributed by atoms with van der Waals surface area (Å²) in [5, 5.41) is 0. The summed E-state index contributed by atoms with van der Waals surface area (Å²) in [7, 11) is 1.94. The normalized spacial score (nSPS) is 22.5. The molecule has 13 heavy (non-hydrogen) atoms. The molecule has 0 spiro atoms. The Morgan fingerprint density at radius 2 is 2.23 bits per heavy atom. The van der Waals surface area contributed by atoms with Gasteiger partial charge in [-0.05, 0) is 7.05 Å². The monoisotopic (exact) mass is 231 g/mol. The van der Waals surface area contributed by atoms with Crippen LogP contribution in [0.2, 0.25) is 0 Å². The molecule has 7 heteroatoms. The number of hydrazine groups is 1. The Morgan fingerprint density at radius 3 is 2.69 bits per heavy atom. The molecule has 0 saturated carbocycles. The lowest BCUT2D eigenvalue weighted by Crippen LogP contribution is -2.50. The van der Waals surface area contributed by atoms with Gasteiger partial charge in [0.15, 0.2) is 0 Å². The summed E-state index contributed by atoms with van der Waals surface area (Å²) in [5.74, 6) is 4.70. The average Bonchev–Trinajstić information content (AvgIpc) is 2.03. The number of likely N-dealkylation sites (N-methyl/N-ethyl adjacent to an activating group) is 1. The zero-order chi connectivity index (χ0) is 8.27. The van der Waals surface area contributed by atoms with E-state index >= 15 is 0 Å². The van der Waals surface area contributed by atoms with Gasteiger partial charge in [0.1, 0.15) is 6.10 Å². The second-order valence-corrected chi connectivity index (χ2v) is 2.63. The summed E-state index contributed by atoms with van der Waals surface area (Å²) < 4.78 is 5.17. The molecule has 1 atom stereocenters. The van der Waals surface area contributed by atoms with Crippen molar-refractivity contribution in [1.29, 1.82) is 0 Å². The number of morpholine rings is 1. The first-order valence-electron chi connectivity index (χ1n) is 3.54. The first-order valence-corrected chi connectivity index (χ1v) is 3.54. The standard InChI is InChI=1S/C6H13N3O2.2ClH/c1-9-2-3-11-5(4-9)6(10)8-7;;/h5H,2-4,7H2,1H3,(H,8,10);2*1H. The summed E-state index contributed by atoms with van der Waals surface area (Å²) in [6.45, 7) is 2.08. The fourth-order valence-corrected chi connectivity index (χ4v) is 1.03. The highest BCUT2D eigenvalue weighted by Crippen LogP contribution is 2.01. The predicted molar refractivity (Wildman–Crippen MR) is 54.1 cm³/mol. The van der Waals surface area contributed by atoms with E-state index in [2.05, 4.69) is 5.43 Å². The van der Waals surface area contributed by atoms with Crippen LogP contribution in [0.1, 0.15) is 0 Å². The summed E-state index contributed by atoms with van der Waals surface area (Å²) >= 11 is 0. The number of ether oxygens (including phenoxy) is 1. The van der Waals surface area contributed by atoms with Gasteiger partial charge < -0.3 is 9.64 Å². The number of amides is 1. The molecule has 80 valence electrons. The van der Waals surface area contributed by atoms with Crippen molar-refractivity contribution >= 4 is 30.7 Å². The summed E-state index contributed by atoms with van der Waals surface area (Å²) in [6, 6.07) is 0. The van der Waals surface area contributed by atoms with Gasteiger partial charge in [-0.25, -0.2) is 5.84 Å². The highest BCUT2D eigenvalue weighted by molar-refractivity contribution is 5.85. The fourth-order valence-electron chi connectivity index (χ4n) is 1.03. The molecule has 1 fully saturated rings. The quantitative estimate of drug-likeness (QED) is 0.351. The third-order valence-corrected chi connectivity index (χ3v) is 1.70. The molecule has 0 aromatic carbocycles. The van der Waals surface area contributed by atoms with Crippen molar-refractivity contribution in [3.05, 3.63) is 0 Å². The van der Waals surface area contributed by atoms with Crippen LogP contribution in [-0.2, 0) is 9.53 Å². The summed E-state index contributed by atoms with van der Waals surface area (Å²) in [4.78, 5) is 13.0. The van der Waals surface area contributed by atoms with E-state index in [0.717, 1.165) is 6.54 Å². The van der Waals surface area contributed by atoms with Crippen molar-refractivity contribution < 1.29 is 9.53 Å². The van der Waals surface area contributed by atoms with Crippen LogP contribution in [0, 0.1) is 0 Å². The first-order chi connectivity index (χ1) is 5.24. The third-order valence-electron chi connectivity index (χ3n) is 1.70. The number of rotatable bonds is 1. The van der Waals surface area contributed by atoms with Crippen molar-refractivity contribution in [1.82, 2.24) is 10.3 Å². The van der Waals surface area contributed by atoms with Gasteiger partial charge in [0, 0.05) is 13.1 Å². The van der Waals surface area contributed by atoms with Gasteiger partial charge in [-0.3, -0.25) is 10.2 Å². The average molecular weight is 232 g/mol. The molecule has 0 aromatic rings. The van der Waals surface area contributed by atoms with Crippen LogP contribution < -0.4 is 11.3 Å². The van der Waals surface area contributed by atoms with Crippen LogP contribution in [0.25, 0.3) is 0 Å². The van der Waals surface area contributed by atoms with Crippen molar-refractivity contribution in [2.45, 2.75) is 6.10 Å². The van der Waals surface area contributed by atoms with Gasteiger partial charge in [-0.1, -0.05) is 0 Å². The molecule has 1 aliphatic rings. The Balaban J connectivity index is 0. The molecule has 1 aliphatic heterocycles. The minimum atomic E-state index is -0.404. The lowest BCUT2D eigenvalue weighted by atomic mass is 10.3. The number of nitrogens with two attached hydrogens (primary N) is 1. The summed E-state index contributed by atoms with van der Waals surface area (Å²) in [6.07, 6.45) is -0.404. The largest absolute Gasteiger partial charge is 0.366 e. The molecule has 1 rings (SSSR count). The SMILES string of the molecule is CN1CCOC(C(=O)NN)C1.Cl.Cl.